The fourth-order valence-electron chi connectivity index (χ4n) is 4.18. The molecule has 1 amide bonds. The number of nitrogens with one attached hydrogen (secondary N) is 1. The lowest BCUT2D eigenvalue weighted by molar-refractivity contribution is -0.870. The van der Waals surface area contributed by atoms with Crippen LogP contribution in [0.3, 0.4) is 0 Å². The van der Waals surface area contributed by atoms with Gasteiger partial charge >= 0.3 is 0 Å². The summed E-state index contributed by atoms with van der Waals surface area (Å²) in [6.45, 7) is 7.46. The Balaban J connectivity index is 4.62. The van der Waals surface area contributed by atoms with Gasteiger partial charge in [0, 0.05) is 19.4 Å². The minimum Gasteiger partial charge on any atom is -0.756 e. The minimum atomic E-state index is -4.60. The van der Waals surface area contributed by atoms with Crippen LogP contribution in [0.25, 0.3) is 0 Å². The van der Waals surface area contributed by atoms with Gasteiger partial charge in [0.05, 0.1) is 40.4 Å². The standard InChI is InChI=1S/C29H61N2O6P/c1-7-9-11-13-15-16-17-18-20-23-28(32)30-29(27(3)35-25-21-19-14-12-10-8-2)37-38(33,34)36-26-22-24-31(4,5)6/h27,29H,7-26H2,1-6H3,(H-,30,32,33,34). The summed E-state index contributed by atoms with van der Waals surface area (Å²) in [7, 11) is 1.51. The first-order valence-electron chi connectivity index (χ1n) is 15.4. The van der Waals surface area contributed by atoms with Crippen LogP contribution in [-0.2, 0) is 23.1 Å². The lowest BCUT2D eigenvalue weighted by Crippen LogP contribution is -2.45. The van der Waals surface area contributed by atoms with Gasteiger partial charge in [-0.25, -0.2) is 0 Å². The van der Waals surface area contributed by atoms with Gasteiger partial charge in [0.2, 0.25) is 5.91 Å². The Bertz CT molecular complexity index is 614. The van der Waals surface area contributed by atoms with E-state index in [0.717, 1.165) is 45.1 Å². The first kappa shape index (κ1) is 37.5. The van der Waals surface area contributed by atoms with Crippen molar-refractivity contribution in [2.45, 2.75) is 142 Å². The summed E-state index contributed by atoms with van der Waals surface area (Å²) < 4.78 is 29.5. The number of hydrogen-bond donors (Lipinski definition) is 1. The normalized spacial score (nSPS) is 15.2. The van der Waals surface area contributed by atoms with Crippen LogP contribution in [0, 0.1) is 0 Å². The Labute approximate surface area is 234 Å². The molecule has 0 rings (SSSR count). The highest BCUT2D eigenvalue weighted by molar-refractivity contribution is 7.45. The van der Waals surface area contributed by atoms with Crippen LogP contribution < -0.4 is 10.2 Å². The van der Waals surface area contributed by atoms with E-state index in [9.17, 15) is 14.3 Å². The second-order valence-corrected chi connectivity index (χ2v) is 13.0. The van der Waals surface area contributed by atoms with Gasteiger partial charge in [-0.1, -0.05) is 97.3 Å². The van der Waals surface area contributed by atoms with Crippen LogP contribution in [0.2, 0.25) is 0 Å². The van der Waals surface area contributed by atoms with E-state index in [2.05, 4.69) is 19.2 Å². The number of carbonyl (C=O) groups excluding carboxylic acids is 1. The molecule has 228 valence electrons. The van der Waals surface area contributed by atoms with Crippen molar-refractivity contribution in [1.82, 2.24) is 5.32 Å². The molecule has 0 heterocycles. The molecular formula is C29H61N2O6P. The highest BCUT2D eigenvalue weighted by Gasteiger charge is 2.26. The van der Waals surface area contributed by atoms with Crippen LogP contribution in [0.15, 0.2) is 0 Å². The summed E-state index contributed by atoms with van der Waals surface area (Å²) in [5, 5.41) is 2.74. The summed E-state index contributed by atoms with van der Waals surface area (Å²) in [4.78, 5) is 25.1. The molecule has 3 atom stereocenters. The first-order chi connectivity index (χ1) is 18.0. The molecule has 3 unspecified atom stereocenters. The van der Waals surface area contributed by atoms with Gasteiger partial charge in [-0.2, -0.15) is 0 Å². The fourth-order valence-corrected chi connectivity index (χ4v) is 5.10. The number of hydrogen-bond acceptors (Lipinski definition) is 6. The second-order valence-electron chi connectivity index (χ2n) is 11.7. The molecule has 0 bridgehead atoms. The van der Waals surface area contributed by atoms with Crippen LogP contribution in [0.1, 0.15) is 130 Å². The molecule has 0 aliphatic heterocycles. The van der Waals surface area contributed by atoms with Crippen molar-refractivity contribution in [3.8, 4) is 0 Å². The number of phosphoric acid groups is 1. The van der Waals surface area contributed by atoms with Crippen molar-refractivity contribution in [3.63, 3.8) is 0 Å². The monoisotopic (exact) mass is 564 g/mol. The predicted octanol–water partition coefficient (Wildman–Crippen LogP) is 6.71. The van der Waals surface area contributed by atoms with E-state index >= 15 is 0 Å². The SMILES string of the molecule is CCCCCCCCCCCC(=O)NC(OP(=O)([O-])OCCC[N+](C)(C)C)C(C)OCCCCCCCC. The number of ether oxygens (including phenoxy) is 1. The average Bonchev–Trinajstić information content (AvgIpc) is 2.84. The molecule has 0 aromatic carbocycles. The molecule has 0 fully saturated rings. The van der Waals surface area contributed by atoms with E-state index < -0.39 is 20.2 Å². The second kappa shape index (κ2) is 23.2. The Morgan fingerprint density at radius 3 is 1.82 bits per heavy atom. The molecule has 0 spiro atoms. The number of rotatable bonds is 27. The maximum absolute atomic E-state index is 12.6. The molecule has 8 nitrogen and oxygen atoms in total. The van der Waals surface area contributed by atoms with Crippen molar-refractivity contribution in [1.29, 1.82) is 0 Å². The third kappa shape index (κ3) is 24.5. The van der Waals surface area contributed by atoms with Crippen molar-refractivity contribution in [3.05, 3.63) is 0 Å². The summed E-state index contributed by atoms with van der Waals surface area (Å²) in [5.74, 6) is -0.224. The van der Waals surface area contributed by atoms with Gasteiger partial charge in [-0.15, -0.1) is 0 Å². The van der Waals surface area contributed by atoms with Gasteiger partial charge in [0.1, 0.15) is 0 Å². The van der Waals surface area contributed by atoms with E-state index in [1.807, 2.05) is 21.1 Å². The summed E-state index contributed by atoms with van der Waals surface area (Å²) in [6, 6.07) is 0. The maximum Gasteiger partial charge on any atom is 0.269 e. The zero-order valence-electron chi connectivity index (χ0n) is 25.6. The van der Waals surface area contributed by atoms with E-state index in [0.29, 0.717) is 23.9 Å². The van der Waals surface area contributed by atoms with Gasteiger partial charge in [0.15, 0.2) is 6.23 Å². The molecule has 0 aromatic rings. The number of carbonyl (C=O) groups is 1. The van der Waals surface area contributed by atoms with E-state index in [-0.39, 0.29) is 12.5 Å². The molecule has 0 aromatic heterocycles. The largest absolute Gasteiger partial charge is 0.756 e. The predicted molar refractivity (Wildman–Crippen MR) is 155 cm³/mol. The zero-order valence-corrected chi connectivity index (χ0v) is 26.5. The number of nitrogens with zero attached hydrogens (tertiary/aromatic N) is 1. The molecule has 0 radical (unpaired) electrons. The number of amides is 1. The third-order valence-electron chi connectivity index (χ3n) is 6.58. The van der Waals surface area contributed by atoms with E-state index in [1.54, 1.807) is 6.92 Å². The average molecular weight is 565 g/mol. The van der Waals surface area contributed by atoms with Gasteiger partial charge in [0.25, 0.3) is 7.82 Å². The third-order valence-corrected chi connectivity index (χ3v) is 7.57. The molecular weight excluding hydrogens is 503 g/mol. The molecule has 0 aliphatic rings. The van der Waals surface area contributed by atoms with Crippen LogP contribution in [-0.4, -0.2) is 63.6 Å². The Morgan fingerprint density at radius 1 is 0.789 bits per heavy atom. The van der Waals surface area contributed by atoms with E-state index in [4.69, 9.17) is 13.8 Å². The van der Waals surface area contributed by atoms with Crippen LogP contribution in [0.5, 0.6) is 0 Å². The summed E-state index contributed by atoms with van der Waals surface area (Å²) in [5.41, 5.74) is 0. The van der Waals surface area contributed by atoms with Crippen LogP contribution in [0.4, 0.5) is 0 Å². The first-order valence-corrected chi connectivity index (χ1v) is 16.8. The quantitative estimate of drug-likeness (QED) is 0.0515. The van der Waals surface area contributed by atoms with Crippen molar-refractivity contribution < 1.29 is 32.5 Å². The maximum atomic E-state index is 12.6. The smallest absolute Gasteiger partial charge is 0.269 e. The topological polar surface area (TPSA) is 96.9 Å². The van der Waals surface area contributed by atoms with Crippen LogP contribution >= 0.6 is 7.82 Å². The van der Waals surface area contributed by atoms with Gasteiger partial charge < -0.3 is 24.0 Å². The molecule has 9 heteroatoms. The Hall–Kier alpha value is -0.500. The Morgan fingerprint density at radius 2 is 1.29 bits per heavy atom. The van der Waals surface area contributed by atoms with E-state index in [1.165, 1.54) is 57.8 Å². The van der Waals surface area contributed by atoms with Crippen molar-refractivity contribution in [2.75, 3.05) is 40.9 Å². The summed E-state index contributed by atoms with van der Waals surface area (Å²) in [6.07, 6.45) is 16.5. The zero-order chi connectivity index (χ0) is 28.7. The minimum absolute atomic E-state index is 0.0441. The highest BCUT2D eigenvalue weighted by atomic mass is 31.2. The van der Waals surface area contributed by atoms with Crippen molar-refractivity contribution >= 4 is 13.7 Å². The van der Waals surface area contributed by atoms with Crippen molar-refractivity contribution in [2.24, 2.45) is 0 Å². The number of phosphoric ester groups is 1. The Kier molecular flexibility index (Phi) is 22.9. The molecule has 38 heavy (non-hydrogen) atoms. The lowest BCUT2D eigenvalue weighted by atomic mass is 10.1. The molecule has 1 N–H and O–H groups in total. The molecule has 0 aliphatic carbocycles. The van der Waals surface area contributed by atoms with Gasteiger partial charge in [-0.3, -0.25) is 13.9 Å². The highest BCUT2D eigenvalue weighted by Crippen LogP contribution is 2.40. The molecule has 0 saturated carbocycles. The van der Waals surface area contributed by atoms with Gasteiger partial charge in [-0.05, 0) is 19.8 Å². The number of quaternary nitrogens is 1. The lowest BCUT2D eigenvalue weighted by Gasteiger charge is -2.32. The molecule has 0 saturated heterocycles. The summed E-state index contributed by atoms with van der Waals surface area (Å²) >= 11 is 0. The number of unbranched alkanes of at least 4 members (excludes halogenated alkanes) is 13. The fraction of sp³-hybridized carbons (Fsp3) is 0.966.